The lowest BCUT2D eigenvalue weighted by Crippen LogP contribution is -2.32. The average Bonchev–Trinajstić information content (AvgIpc) is 2.50. The van der Waals surface area contributed by atoms with Crippen LogP contribution in [0.2, 0.25) is 5.02 Å². The molecule has 5 heteroatoms. The Balaban J connectivity index is 2.04. The highest BCUT2D eigenvalue weighted by Crippen LogP contribution is 2.23. The summed E-state index contributed by atoms with van der Waals surface area (Å²) in [4.78, 5) is 12.2. The second kappa shape index (κ2) is 7.47. The second-order valence-corrected chi connectivity index (χ2v) is 6.17. The van der Waals surface area contributed by atoms with Gasteiger partial charge in [0.2, 0.25) is 5.91 Å². The van der Waals surface area contributed by atoms with Crippen LogP contribution in [0.1, 0.15) is 32.3 Å². The fraction of sp³-hybridized carbons (Fsp3) is 0.278. The number of benzene rings is 2. The van der Waals surface area contributed by atoms with Crippen molar-refractivity contribution >= 4 is 28.9 Å². The molecule has 1 amide bonds. The topological polar surface area (TPSA) is 41.1 Å². The molecule has 0 bridgehead atoms. The van der Waals surface area contributed by atoms with Crippen molar-refractivity contribution in [3.8, 4) is 0 Å². The summed E-state index contributed by atoms with van der Waals surface area (Å²) in [5, 5.41) is 6.03. The maximum atomic E-state index is 13.0. The highest BCUT2D eigenvalue weighted by molar-refractivity contribution is 6.33. The van der Waals surface area contributed by atoms with Gasteiger partial charge in [0.25, 0.3) is 0 Å². The molecule has 1 atom stereocenters. The summed E-state index contributed by atoms with van der Waals surface area (Å²) in [5.74, 6) is -0.267. The molecule has 2 N–H and O–H groups in total. The number of carbonyl (C=O) groups is 1. The molecule has 0 spiro atoms. The first-order chi connectivity index (χ1) is 10.9. The van der Waals surface area contributed by atoms with Crippen molar-refractivity contribution in [1.82, 2.24) is 0 Å². The van der Waals surface area contributed by atoms with Crippen LogP contribution in [0.4, 0.5) is 15.8 Å². The largest absolute Gasteiger partial charge is 0.374 e. The molecule has 0 aliphatic rings. The van der Waals surface area contributed by atoms with Gasteiger partial charge in [-0.05, 0) is 48.7 Å². The van der Waals surface area contributed by atoms with Gasteiger partial charge >= 0.3 is 0 Å². The van der Waals surface area contributed by atoms with E-state index in [9.17, 15) is 9.18 Å². The van der Waals surface area contributed by atoms with Crippen molar-refractivity contribution < 1.29 is 9.18 Å². The Morgan fingerprint density at radius 3 is 2.52 bits per heavy atom. The number of nitrogens with one attached hydrogen (secondary N) is 2. The third-order valence-corrected chi connectivity index (χ3v) is 3.83. The molecule has 0 aliphatic heterocycles. The Bertz CT molecular complexity index is 703. The van der Waals surface area contributed by atoms with E-state index in [1.807, 2.05) is 18.2 Å². The highest BCUT2D eigenvalue weighted by Gasteiger charge is 2.15. The van der Waals surface area contributed by atoms with E-state index < -0.39 is 11.9 Å². The summed E-state index contributed by atoms with van der Waals surface area (Å²) >= 11 is 5.92. The van der Waals surface area contributed by atoms with Crippen LogP contribution in [-0.2, 0) is 4.79 Å². The van der Waals surface area contributed by atoms with E-state index >= 15 is 0 Å². The standard InChI is InChI=1S/C18H20ClFN2O/c1-11(2)13-5-4-6-15(9-13)21-12(3)18(23)22-17-8-7-14(20)10-16(17)19/h4-12,21H,1-3H3,(H,22,23)/t12-/m1/s1. The molecule has 0 aliphatic carbocycles. The van der Waals surface area contributed by atoms with Crippen LogP contribution < -0.4 is 10.6 Å². The third-order valence-electron chi connectivity index (χ3n) is 3.52. The molecule has 2 aromatic carbocycles. The lowest BCUT2D eigenvalue weighted by atomic mass is 10.0. The molecule has 0 saturated carbocycles. The molecule has 0 unspecified atom stereocenters. The molecule has 0 radical (unpaired) electrons. The zero-order valence-electron chi connectivity index (χ0n) is 13.4. The fourth-order valence-electron chi connectivity index (χ4n) is 2.13. The number of hydrogen-bond donors (Lipinski definition) is 2. The maximum absolute atomic E-state index is 13.0. The summed E-state index contributed by atoms with van der Waals surface area (Å²) in [5.41, 5.74) is 2.47. The van der Waals surface area contributed by atoms with Crippen molar-refractivity contribution in [3.63, 3.8) is 0 Å². The number of halogens is 2. The average molecular weight is 335 g/mol. The normalized spacial score (nSPS) is 12.1. The molecular weight excluding hydrogens is 315 g/mol. The van der Waals surface area contributed by atoms with E-state index in [4.69, 9.17) is 11.6 Å². The van der Waals surface area contributed by atoms with E-state index in [1.54, 1.807) is 6.92 Å². The predicted octanol–water partition coefficient (Wildman–Crippen LogP) is 5.04. The van der Waals surface area contributed by atoms with Gasteiger partial charge in [0.05, 0.1) is 10.7 Å². The first-order valence-corrected chi connectivity index (χ1v) is 7.87. The first-order valence-electron chi connectivity index (χ1n) is 7.49. The molecule has 2 aromatic rings. The predicted molar refractivity (Wildman–Crippen MR) is 93.7 cm³/mol. The van der Waals surface area contributed by atoms with Gasteiger partial charge < -0.3 is 10.6 Å². The minimum atomic E-state index is -0.460. The number of amides is 1. The van der Waals surface area contributed by atoms with Gasteiger partial charge in [-0.25, -0.2) is 4.39 Å². The SMILES string of the molecule is CC(C)c1cccc(N[C@H](C)C(=O)Nc2ccc(F)cc2Cl)c1. The molecule has 0 saturated heterocycles. The molecule has 0 aromatic heterocycles. The van der Waals surface area contributed by atoms with E-state index in [1.165, 1.54) is 23.8 Å². The third kappa shape index (κ3) is 4.70. The molecule has 2 rings (SSSR count). The van der Waals surface area contributed by atoms with Crippen molar-refractivity contribution in [2.75, 3.05) is 10.6 Å². The van der Waals surface area contributed by atoms with Crippen molar-refractivity contribution in [2.45, 2.75) is 32.7 Å². The van der Waals surface area contributed by atoms with Crippen molar-refractivity contribution in [2.24, 2.45) is 0 Å². The van der Waals surface area contributed by atoms with Gasteiger partial charge in [0.15, 0.2) is 0 Å². The minimum absolute atomic E-state index is 0.173. The fourth-order valence-corrected chi connectivity index (χ4v) is 2.35. The molecule has 0 fully saturated rings. The van der Waals surface area contributed by atoms with Crippen molar-refractivity contribution in [1.29, 1.82) is 0 Å². The Hall–Kier alpha value is -2.07. The van der Waals surface area contributed by atoms with Crippen LogP contribution in [0.3, 0.4) is 0 Å². The van der Waals surface area contributed by atoms with Gasteiger partial charge in [0.1, 0.15) is 11.9 Å². The minimum Gasteiger partial charge on any atom is -0.374 e. The summed E-state index contributed by atoms with van der Waals surface area (Å²) in [6.07, 6.45) is 0. The Morgan fingerprint density at radius 1 is 1.13 bits per heavy atom. The number of anilines is 2. The summed E-state index contributed by atoms with van der Waals surface area (Å²) in [6, 6.07) is 11.4. The Morgan fingerprint density at radius 2 is 1.87 bits per heavy atom. The summed E-state index contributed by atoms with van der Waals surface area (Å²) < 4.78 is 13.0. The zero-order chi connectivity index (χ0) is 17.0. The van der Waals surface area contributed by atoms with Gasteiger partial charge in [-0.15, -0.1) is 0 Å². The zero-order valence-corrected chi connectivity index (χ0v) is 14.1. The summed E-state index contributed by atoms with van der Waals surface area (Å²) in [7, 11) is 0. The molecule has 3 nitrogen and oxygen atoms in total. The van der Waals surface area contributed by atoms with Gasteiger partial charge in [-0.2, -0.15) is 0 Å². The van der Waals surface area contributed by atoms with Gasteiger partial charge in [-0.1, -0.05) is 37.6 Å². The molecule has 122 valence electrons. The van der Waals surface area contributed by atoms with Gasteiger partial charge in [0, 0.05) is 5.69 Å². The lowest BCUT2D eigenvalue weighted by Gasteiger charge is -2.17. The maximum Gasteiger partial charge on any atom is 0.246 e. The van der Waals surface area contributed by atoms with Crippen LogP contribution in [0.25, 0.3) is 0 Å². The Kier molecular flexibility index (Phi) is 5.61. The number of hydrogen-bond acceptors (Lipinski definition) is 2. The quantitative estimate of drug-likeness (QED) is 0.804. The first kappa shape index (κ1) is 17.3. The molecular formula is C18H20ClFN2O. The van der Waals surface area contributed by atoms with Crippen LogP contribution >= 0.6 is 11.6 Å². The van der Waals surface area contributed by atoms with E-state index in [0.717, 1.165) is 5.69 Å². The van der Waals surface area contributed by atoms with Crippen LogP contribution in [-0.4, -0.2) is 11.9 Å². The highest BCUT2D eigenvalue weighted by atomic mass is 35.5. The van der Waals surface area contributed by atoms with Crippen LogP contribution in [0.5, 0.6) is 0 Å². The van der Waals surface area contributed by atoms with E-state index in [2.05, 4.69) is 30.5 Å². The van der Waals surface area contributed by atoms with Crippen LogP contribution in [0.15, 0.2) is 42.5 Å². The van der Waals surface area contributed by atoms with E-state index in [-0.39, 0.29) is 10.9 Å². The Labute approximate surface area is 140 Å². The number of carbonyl (C=O) groups excluding carboxylic acids is 1. The molecule has 0 heterocycles. The van der Waals surface area contributed by atoms with Crippen molar-refractivity contribution in [3.05, 3.63) is 58.9 Å². The van der Waals surface area contributed by atoms with Gasteiger partial charge in [-0.3, -0.25) is 4.79 Å². The van der Waals surface area contributed by atoms with E-state index in [0.29, 0.717) is 11.6 Å². The summed E-state index contributed by atoms with van der Waals surface area (Å²) in [6.45, 7) is 5.99. The van der Waals surface area contributed by atoms with Crippen LogP contribution in [0, 0.1) is 5.82 Å². The second-order valence-electron chi connectivity index (χ2n) is 5.76. The molecule has 23 heavy (non-hydrogen) atoms. The lowest BCUT2D eigenvalue weighted by molar-refractivity contribution is -0.116. The monoisotopic (exact) mass is 334 g/mol. The number of rotatable bonds is 5. The smallest absolute Gasteiger partial charge is 0.246 e.